The number of carbonyl (C=O) groups is 1. The van der Waals surface area contributed by atoms with Gasteiger partial charge in [0.2, 0.25) is 0 Å². The Hall–Kier alpha value is -2.39. The van der Waals surface area contributed by atoms with Crippen LogP contribution in [0.5, 0.6) is 0 Å². The van der Waals surface area contributed by atoms with Gasteiger partial charge >= 0.3 is 12.4 Å². The summed E-state index contributed by atoms with van der Waals surface area (Å²) in [5.41, 5.74) is 0.129. The molecule has 2 unspecified atom stereocenters. The Balaban J connectivity index is 1.75. The van der Waals surface area contributed by atoms with E-state index in [0.717, 1.165) is 12.1 Å². The van der Waals surface area contributed by atoms with Gasteiger partial charge in [0.25, 0.3) is 0 Å². The molecule has 0 saturated heterocycles. The normalized spacial score (nSPS) is 17.8. The van der Waals surface area contributed by atoms with Gasteiger partial charge in [-0.15, -0.1) is 0 Å². The van der Waals surface area contributed by atoms with Gasteiger partial charge in [0.15, 0.2) is 0 Å². The number of hydrogen-bond donors (Lipinski definition) is 2. The van der Waals surface area contributed by atoms with Crippen LogP contribution in [0, 0.1) is 0 Å². The number of Topliss-reactive ketones (excluding diaryl/α,β-unsaturated/α-hetero) is 1. The monoisotopic (exact) mass is 456 g/mol. The lowest BCUT2D eigenvalue weighted by molar-refractivity contribution is -0.139. The van der Waals surface area contributed by atoms with E-state index in [4.69, 9.17) is 0 Å². The van der Waals surface area contributed by atoms with Crippen molar-refractivity contribution in [2.45, 2.75) is 64.2 Å². The number of hydrogen-bond acceptors (Lipinski definition) is 3. The zero-order valence-corrected chi connectivity index (χ0v) is 17.5. The topological polar surface area (TPSA) is 41.1 Å². The molecule has 0 aromatic heterocycles. The molecule has 2 aliphatic rings. The lowest BCUT2D eigenvalue weighted by Crippen LogP contribution is -2.23. The van der Waals surface area contributed by atoms with Crippen molar-refractivity contribution in [3.8, 4) is 0 Å². The maximum Gasteiger partial charge on any atom is 0.416 e. The van der Waals surface area contributed by atoms with Crippen LogP contribution in [0.1, 0.15) is 70.2 Å². The van der Waals surface area contributed by atoms with Crippen LogP contribution in [-0.4, -0.2) is 5.78 Å². The average molecular weight is 456 g/mol. The number of alkyl halides is 6. The Bertz CT molecular complexity index is 990. The minimum absolute atomic E-state index is 0.201. The summed E-state index contributed by atoms with van der Waals surface area (Å²) >= 11 is 0. The molecule has 2 aromatic rings. The number of benzene rings is 2. The van der Waals surface area contributed by atoms with Crippen LogP contribution < -0.4 is 10.6 Å². The summed E-state index contributed by atoms with van der Waals surface area (Å²) in [7, 11) is 0. The molecule has 172 valence electrons. The van der Waals surface area contributed by atoms with Crippen LogP contribution in [0.2, 0.25) is 0 Å². The molecule has 32 heavy (non-hydrogen) atoms. The number of halogens is 6. The zero-order valence-electron chi connectivity index (χ0n) is 17.5. The quantitative estimate of drug-likeness (QED) is 0.605. The predicted molar refractivity (Wildman–Crippen MR) is 106 cm³/mol. The second-order valence-electron chi connectivity index (χ2n) is 8.46. The van der Waals surface area contributed by atoms with Gasteiger partial charge in [-0.2, -0.15) is 26.3 Å². The van der Waals surface area contributed by atoms with Crippen molar-refractivity contribution in [2.75, 3.05) is 0 Å². The highest BCUT2D eigenvalue weighted by Gasteiger charge is 2.40. The average Bonchev–Trinajstić information content (AvgIpc) is 3.36. The minimum atomic E-state index is -4.68. The first-order chi connectivity index (χ1) is 14.9. The first-order valence-corrected chi connectivity index (χ1v) is 10.3. The zero-order chi connectivity index (χ0) is 23.4. The molecule has 0 aliphatic carbocycles. The van der Waals surface area contributed by atoms with Gasteiger partial charge in [-0.25, -0.2) is 0 Å². The van der Waals surface area contributed by atoms with E-state index in [9.17, 15) is 31.1 Å². The van der Waals surface area contributed by atoms with Gasteiger partial charge in [0, 0.05) is 38.0 Å². The lowest BCUT2D eigenvalue weighted by Gasteiger charge is -2.24. The Labute approximate surface area is 181 Å². The highest BCUT2D eigenvalue weighted by Crippen LogP contribution is 2.42. The third kappa shape index (κ3) is 4.03. The number of fused-ring (bicyclic) bond motifs is 2. The first-order valence-electron chi connectivity index (χ1n) is 10.3. The van der Waals surface area contributed by atoms with Crippen molar-refractivity contribution in [3.05, 3.63) is 68.8 Å². The fourth-order valence-corrected chi connectivity index (χ4v) is 4.63. The lowest BCUT2D eigenvalue weighted by atomic mass is 9.80. The van der Waals surface area contributed by atoms with Crippen LogP contribution in [-0.2, 0) is 43.3 Å². The number of ketones is 1. The number of rotatable bonds is 4. The molecule has 2 aliphatic heterocycles. The molecule has 0 saturated carbocycles. The van der Waals surface area contributed by atoms with Gasteiger partial charge < -0.3 is 10.6 Å². The number of carbonyl (C=O) groups excluding carboxylic acids is 1. The Morgan fingerprint density at radius 3 is 1.31 bits per heavy atom. The highest BCUT2D eigenvalue weighted by atomic mass is 19.4. The van der Waals surface area contributed by atoms with E-state index in [1.165, 1.54) is 26.0 Å². The molecule has 0 bridgehead atoms. The maximum absolute atomic E-state index is 13.7. The molecule has 2 heterocycles. The van der Waals surface area contributed by atoms with Crippen molar-refractivity contribution in [3.63, 3.8) is 0 Å². The van der Waals surface area contributed by atoms with Crippen molar-refractivity contribution in [2.24, 2.45) is 0 Å². The van der Waals surface area contributed by atoms with Gasteiger partial charge in [-0.1, -0.05) is 26.0 Å². The van der Waals surface area contributed by atoms with E-state index >= 15 is 0 Å². The summed E-state index contributed by atoms with van der Waals surface area (Å²) in [4.78, 5) is 13.2. The fraction of sp³-hybridized carbons (Fsp3) is 0.435. The third-order valence-electron chi connectivity index (χ3n) is 6.40. The Kier molecular flexibility index (Phi) is 5.61. The van der Waals surface area contributed by atoms with E-state index in [1.807, 2.05) is 0 Å². The summed E-state index contributed by atoms with van der Waals surface area (Å²) in [6.45, 7) is 4.03. The summed E-state index contributed by atoms with van der Waals surface area (Å²) in [6, 6.07) is 4.82. The predicted octanol–water partition coefficient (Wildman–Crippen LogP) is 5.41. The molecule has 0 spiro atoms. The van der Waals surface area contributed by atoms with E-state index in [1.54, 1.807) is 0 Å². The van der Waals surface area contributed by atoms with Gasteiger partial charge in [-0.3, -0.25) is 4.79 Å². The molecule has 0 fully saturated rings. The van der Waals surface area contributed by atoms with Crippen LogP contribution in [0.15, 0.2) is 24.3 Å². The first kappa shape index (κ1) is 22.8. The van der Waals surface area contributed by atoms with E-state index < -0.39 is 41.1 Å². The summed E-state index contributed by atoms with van der Waals surface area (Å²) in [5.74, 6) is -3.13. The smallest absolute Gasteiger partial charge is 0.309 e. The molecule has 0 radical (unpaired) electrons. The molecule has 2 N–H and O–H groups in total. The summed E-state index contributed by atoms with van der Waals surface area (Å²) in [5, 5.41) is 5.95. The Morgan fingerprint density at radius 2 is 1.00 bits per heavy atom. The van der Waals surface area contributed by atoms with E-state index in [-0.39, 0.29) is 11.1 Å². The van der Waals surface area contributed by atoms with Gasteiger partial charge in [0.1, 0.15) is 5.78 Å². The second kappa shape index (κ2) is 7.88. The minimum Gasteiger partial charge on any atom is -0.309 e. The summed E-state index contributed by atoms with van der Waals surface area (Å²) < 4.78 is 82.5. The van der Waals surface area contributed by atoms with Crippen molar-refractivity contribution >= 4 is 5.78 Å². The van der Waals surface area contributed by atoms with Crippen molar-refractivity contribution in [1.82, 2.24) is 10.6 Å². The fourth-order valence-electron chi connectivity index (χ4n) is 4.63. The van der Waals surface area contributed by atoms with Crippen molar-refractivity contribution < 1.29 is 31.1 Å². The molecular weight excluding hydrogens is 434 g/mol. The molecular formula is C23H22F6N2O. The maximum atomic E-state index is 13.7. The number of nitrogens with one attached hydrogen (secondary N) is 2. The summed E-state index contributed by atoms with van der Waals surface area (Å²) in [6.07, 6.45) is -9.36. The van der Waals surface area contributed by atoms with E-state index in [0.29, 0.717) is 48.4 Å². The van der Waals surface area contributed by atoms with E-state index in [2.05, 4.69) is 10.6 Å². The molecule has 2 aromatic carbocycles. The van der Waals surface area contributed by atoms with Gasteiger partial charge in [-0.05, 0) is 45.5 Å². The van der Waals surface area contributed by atoms with Crippen LogP contribution in [0.3, 0.4) is 0 Å². The SMILES string of the molecule is CC(C(=O)C(C)c1cc2c(cc1C(F)(F)F)CNC2)c1cc2c(cc1C(F)(F)F)CNC2. The van der Waals surface area contributed by atoms with Crippen LogP contribution >= 0.6 is 0 Å². The molecule has 9 heteroatoms. The second-order valence-corrected chi connectivity index (χ2v) is 8.46. The molecule has 2 atom stereocenters. The third-order valence-corrected chi connectivity index (χ3v) is 6.40. The molecule has 4 rings (SSSR count). The standard InChI is InChI=1S/C23H22F6N2O/c1-11(17-3-13-7-30-9-15(13)5-19(17)22(24,25)26)21(32)12(2)18-4-14-8-31-10-16(14)6-20(18)23(27,28)29/h3-6,11-12,30-31H,7-10H2,1-2H3. The van der Waals surface area contributed by atoms with Gasteiger partial charge in [0.05, 0.1) is 11.1 Å². The Morgan fingerprint density at radius 1 is 0.688 bits per heavy atom. The largest absolute Gasteiger partial charge is 0.416 e. The van der Waals surface area contributed by atoms with Crippen LogP contribution in [0.25, 0.3) is 0 Å². The van der Waals surface area contributed by atoms with Crippen molar-refractivity contribution in [1.29, 1.82) is 0 Å². The van der Waals surface area contributed by atoms with Crippen LogP contribution in [0.4, 0.5) is 26.3 Å². The molecule has 3 nitrogen and oxygen atoms in total. The highest BCUT2D eigenvalue weighted by molar-refractivity contribution is 5.92. The molecule has 0 amide bonds.